The minimum Gasteiger partial charge on any atom is -0.457 e. The average molecular weight is 510 g/mol. The highest BCUT2D eigenvalue weighted by Crippen LogP contribution is 2.32. The van der Waals surface area contributed by atoms with Gasteiger partial charge >= 0.3 is 0 Å². The quantitative estimate of drug-likeness (QED) is 0.173. The molecule has 0 saturated carbocycles. The summed E-state index contributed by atoms with van der Waals surface area (Å²) in [5.41, 5.74) is 3.26. The molecule has 0 aliphatic rings. The van der Waals surface area contributed by atoms with Crippen molar-refractivity contribution in [2.45, 2.75) is 32.8 Å². The van der Waals surface area contributed by atoms with Gasteiger partial charge in [-0.05, 0) is 53.1 Å². The van der Waals surface area contributed by atoms with Gasteiger partial charge < -0.3 is 14.0 Å². The Labute approximate surface area is 219 Å². The number of rotatable bonds is 11. The summed E-state index contributed by atoms with van der Waals surface area (Å²) in [5, 5.41) is 24.2. The number of benzene rings is 3. The molecule has 0 radical (unpaired) electrons. The molecule has 2 aromatic heterocycles. The van der Waals surface area contributed by atoms with Crippen molar-refractivity contribution in [1.82, 2.24) is 30.4 Å². The molecule has 0 bridgehead atoms. The van der Waals surface area contributed by atoms with Crippen LogP contribution >= 0.6 is 0 Å². The number of aromatic nitrogens is 6. The summed E-state index contributed by atoms with van der Waals surface area (Å²) < 4.78 is 13.5. The van der Waals surface area contributed by atoms with E-state index in [0.717, 1.165) is 17.7 Å². The number of tetrazole rings is 1. The van der Waals surface area contributed by atoms with E-state index in [1.165, 1.54) is 23.1 Å². The SMILES string of the molecule is CCCCc1ccc(Oc2ccccc2-c2nnc(CO/N=C(/c3ccccc3)c3nnnn3C)o2)cc1. The van der Waals surface area contributed by atoms with Crippen LogP contribution in [0.1, 0.15) is 42.6 Å². The van der Waals surface area contributed by atoms with E-state index in [1.54, 1.807) is 7.05 Å². The molecule has 0 N–H and O–H groups in total. The Morgan fingerprint density at radius 1 is 0.921 bits per heavy atom. The van der Waals surface area contributed by atoms with Gasteiger partial charge in [-0.25, -0.2) is 4.68 Å². The predicted octanol–water partition coefficient (Wildman–Crippen LogP) is 5.36. The average Bonchev–Trinajstić information content (AvgIpc) is 3.60. The van der Waals surface area contributed by atoms with Crippen molar-refractivity contribution in [3.63, 3.8) is 0 Å². The molecule has 2 heterocycles. The van der Waals surface area contributed by atoms with Crippen LogP contribution in [-0.2, 0) is 24.9 Å². The van der Waals surface area contributed by atoms with E-state index in [1.807, 2.05) is 66.7 Å². The Balaban J connectivity index is 1.30. The highest BCUT2D eigenvalue weighted by atomic mass is 16.6. The van der Waals surface area contributed by atoms with Gasteiger partial charge in [0, 0.05) is 12.6 Å². The first kappa shape index (κ1) is 24.8. The number of hydrogen-bond donors (Lipinski definition) is 0. The number of nitrogens with zero attached hydrogens (tertiary/aromatic N) is 7. The second-order valence-corrected chi connectivity index (χ2v) is 8.55. The Morgan fingerprint density at radius 3 is 2.47 bits per heavy atom. The Bertz CT molecular complexity index is 1490. The van der Waals surface area contributed by atoms with Gasteiger partial charge in [0.05, 0.1) is 5.56 Å². The zero-order valence-corrected chi connectivity index (χ0v) is 21.2. The van der Waals surface area contributed by atoms with E-state index in [2.05, 4.69) is 49.9 Å². The fourth-order valence-electron chi connectivity index (χ4n) is 3.79. The minimum atomic E-state index is -0.0309. The number of hydrogen-bond acceptors (Lipinski definition) is 9. The molecule has 0 aliphatic carbocycles. The molecular weight excluding hydrogens is 482 g/mol. The molecular formula is C28H27N7O3. The molecule has 5 rings (SSSR count). The first-order chi connectivity index (χ1) is 18.7. The Kier molecular flexibility index (Phi) is 7.78. The van der Waals surface area contributed by atoms with Crippen molar-refractivity contribution in [2.75, 3.05) is 0 Å². The van der Waals surface area contributed by atoms with Crippen LogP contribution in [0.25, 0.3) is 11.5 Å². The van der Waals surface area contributed by atoms with Gasteiger partial charge in [-0.1, -0.05) is 73.1 Å². The highest BCUT2D eigenvalue weighted by molar-refractivity contribution is 6.10. The molecule has 0 unspecified atom stereocenters. The van der Waals surface area contributed by atoms with E-state index >= 15 is 0 Å². The Morgan fingerprint density at radius 2 is 1.71 bits per heavy atom. The van der Waals surface area contributed by atoms with Crippen LogP contribution < -0.4 is 4.74 Å². The fraction of sp³-hybridized carbons (Fsp3) is 0.214. The maximum Gasteiger partial charge on any atom is 0.257 e. The third kappa shape index (κ3) is 5.92. The smallest absolute Gasteiger partial charge is 0.257 e. The lowest BCUT2D eigenvalue weighted by atomic mass is 10.1. The van der Waals surface area contributed by atoms with Gasteiger partial charge in [0.15, 0.2) is 12.3 Å². The normalized spacial score (nSPS) is 11.5. The van der Waals surface area contributed by atoms with Crippen LogP contribution in [0.3, 0.4) is 0 Å². The van der Waals surface area contributed by atoms with Crippen molar-refractivity contribution in [3.8, 4) is 23.0 Å². The lowest BCUT2D eigenvalue weighted by molar-refractivity contribution is 0.111. The van der Waals surface area contributed by atoms with Crippen LogP contribution in [0.2, 0.25) is 0 Å². The third-order valence-corrected chi connectivity index (χ3v) is 5.78. The second-order valence-electron chi connectivity index (χ2n) is 8.55. The topological polar surface area (TPSA) is 113 Å². The molecule has 38 heavy (non-hydrogen) atoms. The third-order valence-electron chi connectivity index (χ3n) is 5.78. The van der Waals surface area contributed by atoms with Crippen molar-refractivity contribution in [1.29, 1.82) is 0 Å². The molecule has 10 heteroatoms. The summed E-state index contributed by atoms with van der Waals surface area (Å²) in [6, 6.07) is 25.2. The van der Waals surface area contributed by atoms with Crippen LogP contribution in [0.15, 0.2) is 88.4 Å². The van der Waals surface area contributed by atoms with Gasteiger partial charge in [-0.3, -0.25) is 0 Å². The lowest BCUT2D eigenvalue weighted by Crippen LogP contribution is -2.12. The predicted molar refractivity (Wildman–Crippen MR) is 141 cm³/mol. The van der Waals surface area contributed by atoms with E-state index in [-0.39, 0.29) is 12.5 Å². The van der Waals surface area contributed by atoms with Gasteiger partial charge in [0.25, 0.3) is 11.8 Å². The van der Waals surface area contributed by atoms with E-state index in [0.29, 0.717) is 28.7 Å². The van der Waals surface area contributed by atoms with Crippen molar-refractivity contribution < 1.29 is 14.0 Å². The summed E-state index contributed by atoms with van der Waals surface area (Å²) >= 11 is 0. The zero-order valence-electron chi connectivity index (χ0n) is 21.2. The molecule has 10 nitrogen and oxygen atoms in total. The van der Waals surface area contributed by atoms with Gasteiger partial charge in [-0.2, -0.15) is 0 Å². The second kappa shape index (κ2) is 11.9. The fourth-order valence-corrected chi connectivity index (χ4v) is 3.79. The first-order valence-electron chi connectivity index (χ1n) is 12.4. The van der Waals surface area contributed by atoms with Crippen LogP contribution in [0.4, 0.5) is 0 Å². The highest BCUT2D eigenvalue weighted by Gasteiger charge is 2.17. The number of oxime groups is 1. The summed E-state index contributed by atoms with van der Waals surface area (Å²) in [6.45, 7) is 2.16. The van der Waals surface area contributed by atoms with Crippen LogP contribution in [0, 0.1) is 0 Å². The molecule has 192 valence electrons. The number of aryl methyl sites for hydroxylation is 2. The Hall–Kier alpha value is -4.86. The number of para-hydroxylation sites is 1. The summed E-state index contributed by atoms with van der Waals surface area (Å²) in [6.07, 6.45) is 3.40. The summed E-state index contributed by atoms with van der Waals surface area (Å²) in [7, 11) is 1.73. The molecule has 3 aromatic carbocycles. The molecule has 0 spiro atoms. The van der Waals surface area contributed by atoms with Crippen molar-refractivity contribution >= 4 is 5.71 Å². The minimum absolute atomic E-state index is 0.0309. The number of unbranched alkanes of at least 4 members (excludes halogenated alkanes) is 1. The monoisotopic (exact) mass is 509 g/mol. The van der Waals surface area contributed by atoms with E-state index in [9.17, 15) is 0 Å². The molecule has 5 aromatic rings. The van der Waals surface area contributed by atoms with Gasteiger partial charge in [0.2, 0.25) is 5.82 Å². The van der Waals surface area contributed by atoms with Crippen molar-refractivity contribution in [2.24, 2.45) is 12.2 Å². The maximum atomic E-state index is 6.14. The first-order valence-corrected chi connectivity index (χ1v) is 12.4. The standard InChI is InChI=1S/C28H27N7O3/c1-3-4-10-20-15-17-22(18-16-20)37-24-14-9-8-13-23(24)28-31-29-25(38-28)19-36-32-26(21-11-6-5-7-12-21)27-30-33-34-35(27)2/h5-9,11-18H,3-4,10,19H2,1-2H3/b32-26-. The molecule has 0 amide bonds. The van der Waals surface area contributed by atoms with Crippen LogP contribution in [-0.4, -0.2) is 36.1 Å². The molecule has 0 aliphatic heterocycles. The number of ether oxygens (including phenoxy) is 1. The van der Waals surface area contributed by atoms with E-state index in [4.69, 9.17) is 14.0 Å². The molecule has 0 atom stereocenters. The van der Waals surface area contributed by atoms with Gasteiger partial charge in [0.1, 0.15) is 11.5 Å². The van der Waals surface area contributed by atoms with Crippen molar-refractivity contribution in [3.05, 3.63) is 102 Å². The zero-order chi connectivity index (χ0) is 26.2. The summed E-state index contributed by atoms with van der Waals surface area (Å²) in [5.74, 6) is 2.41. The summed E-state index contributed by atoms with van der Waals surface area (Å²) in [4.78, 5) is 5.58. The molecule has 0 fully saturated rings. The lowest BCUT2D eigenvalue weighted by Gasteiger charge is -2.09. The molecule has 0 saturated heterocycles. The maximum absolute atomic E-state index is 6.14. The van der Waals surface area contributed by atoms with E-state index < -0.39 is 0 Å². The van der Waals surface area contributed by atoms with Crippen LogP contribution in [0.5, 0.6) is 11.5 Å². The largest absolute Gasteiger partial charge is 0.457 e. The van der Waals surface area contributed by atoms with Gasteiger partial charge in [-0.15, -0.1) is 15.3 Å².